The molecule has 1 unspecified atom stereocenters. The van der Waals surface area contributed by atoms with Crippen molar-refractivity contribution in [3.8, 4) is 0 Å². The van der Waals surface area contributed by atoms with Gasteiger partial charge in [0.25, 0.3) is 0 Å². The van der Waals surface area contributed by atoms with Crippen LogP contribution in [0.5, 0.6) is 0 Å². The second-order valence-electron chi connectivity index (χ2n) is 5.00. The Morgan fingerprint density at radius 1 is 1.47 bits per heavy atom. The van der Waals surface area contributed by atoms with Crippen LogP contribution in [0, 0.1) is 5.92 Å². The van der Waals surface area contributed by atoms with Crippen LogP contribution in [-0.2, 0) is 4.79 Å². The molecule has 0 bridgehead atoms. The number of aromatic nitrogens is 3. The van der Waals surface area contributed by atoms with Crippen molar-refractivity contribution in [3.63, 3.8) is 0 Å². The summed E-state index contributed by atoms with van der Waals surface area (Å²) in [6, 6.07) is 0.0671. The minimum absolute atomic E-state index is 0.0454. The van der Waals surface area contributed by atoms with E-state index in [1.807, 2.05) is 32.3 Å². The summed E-state index contributed by atoms with van der Waals surface area (Å²) in [6.45, 7) is 7.95. The van der Waals surface area contributed by atoms with Gasteiger partial charge >= 0.3 is 0 Å². The first-order valence-corrected chi connectivity index (χ1v) is 7.36. The molecule has 0 spiro atoms. The molecule has 1 amide bonds. The van der Waals surface area contributed by atoms with Crippen LogP contribution in [0.25, 0.3) is 0 Å². The minimum Gasteiger partial charge on any atom is -0.394 e. The molecule has 6 nitrogen and oxygen atoms in total. The maximum atomic E-state index is 11.8. The molecular weight excluding hydrogens is 264 g/mol. The number of carbonyl (C=O) groups excluding carboxylic acids is 1. The number of nitrogens with one attached hydrogen (secondary N) is 1. The van der Waals surface area contributed by atoms with Crippen molar-refractivity contribution in [2.24, 2.45) is 5.92 Å². The Kier molecular flexibility index (Phi) is 6.30. The third kappa shape index (κ3) is 4.83. The van der Waals surface area contributed by atoms with Crippen molar-refractivity contribution >= 4 is 17.7 Å². The molecular formula is C12H22N4O2S. The molecule has 1 aromatic heterocycles. The summed E-state index contributed by atoms with van der Waals surface area (Å²) in [4.78, 5) is 11.8. The zero-order chi connectivity index (χ0) is 14.4. The van der Waals surface area contributed by atoms with Crippen molar-refractivity contribution in [1.29, 1.82) is 0 Å². The first-order chi connectivity index (χ1) is 8.95. The van der Waals surface area contributed by atoms with Gasteiger partial charge in [0, 0.05) is 6.04 Å². The number of hydrogen-bond donors (Lipinski definition) is 2. The van der Waals surface area contributed by atoms with Crippen molar-refractivity contribution in [2.45, 2.75) is 44.9 Å². The van der Waals surface area contributed by atoms with Gasteiger partial charge in [-0.15, -0.1) is 10.2 Å². The standard InChI is InChI=1S/C12H22N4O2S/c1-8(2)10(5-17)14-11(18)6-19-12-15-13-7-16(12)9(3)4/h7-10,17H,5-6H2,1-4H3,(H,14,18). The van der Waals surface area contributed by atoms with E-state index in [2.05, 4.69) is 15.5 Å². The van der Waals surface area contributed by atoms with Crippen molar-refractivity contribution in [1.82, 2.24) is 20.1 Å². The minimum atomic E-state index is -0.198. The van der Waals surface area contributed by atoms with Crippen LogP contribution in [0.3, 0.4) is 0 Å². The number of carbonyl (C=O) groups is 1. The Hall–Kier alpha value is -1.08. The van der Waals surface area contributed by atoms with Gasteiger partial charge in [0.05, 0.1) is 18.4 Å². The van der Waals surface area contributed by atoms with E-state index in [1.54, 1.807) is 6.33 Å². The molecule has 0 aliphatic rings. The molecule has 2 N–H and O–H groups in total. The van der Waals surface area contributed by atoms with Crippen LogP contribution < -0.4 is 5.32 Å². The second kappa shape index (κ2) is 7.49. The highest BCUT2D eigenvalue weighted by Gasteiger charge is 2.16. The topological polar surface area (TPSA) is 80.0 Å². The lowest BCUT2D eigenvalue weighted by Gasteiger charge is -2.19. The number of aliphatic hydroxyl groups excluding tert-OH is 1. The van der Waals surface area contributed by atoms with Crippen LogP contribution in [0.15, 0.2) is 11.5 Å². The Morgan fingerprint density at radius 2 is 2.16 bits per heavy atom. The monoisotopic (exact) mass is 286 g/mol. The van der Waals surface area contributed by atoms with Gasteiger partial charge in [-0.05, 0) is 19.8 Å². The predicted octanol–water partition coefficient (Wildman–Crippen LogP) is 1.08. The van der Waals surface area contributed by atoms with Gasteiger partial charge in [0.15, 0.2) is 5.16 Å². The molecule has 1 heterocycles. The average molecular weight is 286 g/mol. The molecule has 0 aromatic carbocycles. The van der Waals surface area contributed by atoms with E-state index in [-0.39, 0.29) is 36.3 Å². The predicted molar refractivity (Wildman–Crippen MR) is 75.0 cm³/mol. The van der Waals surface area contributed by atoms with E-state index >= 15 is 0 Å². The fraction of sp³-hybridized carbons (Fsp3) is 0.750. The summed E-state index contributed by atoms with van der Waals surface area (Å²) in [5, 5.41) is 20.5. The van der Waals surface area contributed by atoms with E-state index in [0.717, 1.165) is 5.16 Å². The first-order valence-electron chi connectivity index (χ1n) is 6.38. The summed E-state index contributed by atoms with van der Waals surface area (Å²) in [6.07, 6.45) is 1.66. The smallest absolute Gasteiger partial charge is 0.230 e. The number of rotatable bonds is 7. The van der Waals surface area contributed by atoms with Crippen LogP contribution in [0.4, 0.5) is 0 Å². The second-order valence-corrected chi connectivity index (χ2v) is 5.95. The zero-order valence-electron chi connectivity index (χ0n) is 11.8. The largest absolute Gasteiger partial charge is 0.394 e. The van der Waals surface area contributed by atoms with E-state index in [9.17, 15) is 4.79 Å². The maximum Gasteiger partial charge on any atom is 0.230 e. The lowest BCUT2D eigenvalue weighted by molar-refractivity contribution is -0.119. The number of hydrogen-bond acceptors (Lipinski definition) is 5. The Bertz CT molecular complexity index is 406. The number of aliphatic hydroxyl groups is 1. The lowest BCUT2D eigenvalue weighted by Crippen LogP contribution is -2.42. The molecule has 0 saturated carbocycles. The highest BCUT2D eigenvalue weighted by molar-refractivity contribution is 7.99. The molecule has 0 aliphatic heterocycles. The first kappa shape index (κ1) is 16.0. The lowest BCUT2D eigenvalue weighted by atomic mass is 10.1. The molecule has 0 saturated heterocycles. The van der Waals surface area contributed by atoms with Crippen LogP contribution in [-0.4, -0.2) is 44.2 Å². The summed E-state index contributed by atoms with van der Waals surface area (Å²) in [5.74, 6) is 0.378. The Morgan fingerprint density at radius 3 is 2.68 bits per heavy atom. The number of amides is 1. The van der Waals surface area contributed by atoms with Gasteiger partial charge in [0.1, 0.15) is 6.33 Å². The summed E-state index contributed by atoms with van der Waals surface area (Å²) in [7, 11) is 0. The number of nitrogens with zero attached hydrogens (tertiary/aromatic N) is 3. The molecule has 7 heteroatoms. The van der Waals surface area contributed by atoms with Gasteiger partial charge in [-0.2, -0.15) is 0 Å². The quantitative estimate of drug-likeness (QED) is 0.733. The Balaban J connectivity index is 2.48. The van der Waals surface area contributed by atoms with Crippen LogP contribution in [0.1, 0.15) is 33.7 Å². The van der Waals surface area contributed by atoms with E-state index in [1.165, 1.54) is 11.8 Å². The van der Waals surface area contributed by atoms with E-state index in [4.69, 9.17) is 5.11 Å². The van der Waals surface area contributed by atoms with Crippen molar-refractivity contribution in [3.05, 3.63) is 6.33 Å². The van der Waals surface area contributed by atoms with Gasteiger partial charge in [0.2, 0.25) is 5.91 Å². The van der Waals surface area contributed by atoms with Gasteiger partial charge < -0.3 is 15.0 Å². The molecule has 0 radical (unpaired) electrons. The number of thioether (sulfide) groups is 1. The molecule has 108 valence electrons. The maximum absolute atomic E-state index is 11.8. The third-order valence-corrected chi connectivity index (χ3v) is 3.73. The summed E-state index contributed by atoms with van der Waals surface area (Å²) in [5.41, 5.74) is 0. The van der Waals surface area contributed by atoms with Crippen molar-refractivity contribution in [2.75, 3.05) is 12.4 Å². The summed E-state index contributed by atoms with van der Waals surface area (Å²) < 4.78 is 1.92. The SMILES string of the molecule is CC(C)C(CO)NC(=O)CSc1nncn1C(C)C. The highest BCUT2D eigenvalue weighted by Crippen LogP contribution is 2.18. The molecule has 0 fully saturated rings. The fourth-order valence-corrected chi connectivity index (χ4v) is 2.35. The zero-order valence-corrected chi connectivity index (χ0v) is 12.6. The molecule has 0 aliphatic carbocycles. The third-order valence-electron chi connectivity index (χ3n) is 2.78. The van der Waals surface area contributed by atoms with Crippen LogP contribution >= 0.6 is 11.8 Å². The molecule has 1 aromatic rings. The van der Waals surface area contributed by atoms with Gasteiger partial charge in [-0.3, -0.25) is 4.79 Å². The summed E-state index contributed by atoms with van der Waals surface area (Å²) >= 11 is 1.35. The van der Waals surface area contributed by atoms with Gasteiger partial charge in [-0.1, -0.05) is 25.6 Å². The molecule has 19 heavy (non-hydrogen) atoms. The van der Waals surface area contributed by atoms with Gasteiger partial charge in [-0.25, -0.2) is 0 Å². The van der Waals surface area contributed by atoms with Crippen LogP contribution in [0.2, 0.25) is 0 Å². The fourth-order valence-electron chi connectivity index (χ4n) is 1.49. The van der Waals surface area contributed by atoms with E-state index in [0.29, 0.717) is 0 Å². The average Bonchev–Trinajstić information content (AvgIpc) is 2.81. The molecule has 1 rings (SSSR count). The Labute approximate surface area is 118 Å². The van der Waals surface area contributed by atoms with E-state index < -0.39 is 0 Å². The van der Waals surface area contributed by atoms with Crippen molar-refractivity contribution < 1.29 is 9.90 Å². The molecule has 1 atom stereocenters. The normalized spacial score (nSPS) is 13.0. The highest BCUT2D eigenvalue weighted by atomic mass is 32.2.